The van der Waals surface area contributed by atoms with Crippen molar-refractivity contribution in [2.45, 2.75) is 18.9 Å². The van der Waals surface area contributed by atoms with Gasteiger partial charge >= 0.3 is 0 Å². The Bertz CT molecular complexity index is 622. The minimum absolute atomic E-state index is 0.0539. The number of piperidine rings is 1. The Morgan fingerprint density at radius 1 is 1.36 bits per heavy atom. The van der Waals surface area contributed by atoms with Crippen LogP contribution in [0.5, 0.6) is 5.75 Å². The van der Waals surface area contributed by atoms with Crippen LogP contribution in [0.2, 0.25) is 0 Å². The first-order valence-corrected chi connectivity index (χ1v) is 8.84. The van der Waals surface area contributed by atoms with E-state index < -0.39 is 0 Å². The molecular weight excluding hydrogens is 320 g/mol. The Kier molecular flexibility index (Phi) is 5.75. The van der Waals surface area contributed by atoms with Gasteiger partial charge in [0, 0.05) is 32.2 Å². The summed E-state index contributed by atoms with van der Waals surface area (Å²) in [6.45, 7) is 3.56. The molecule has 0 aliphatic carbocycles. The van der Waals surface area contributed by atoms with Gasteiger partial charge in [-0.05, 0) is 25.0 Å². The third-order valence-corrected chi connectivity index (χ3v) is 4.85. The quantitative estimate of drug-likeness (QED) is 0.814. The van der Waals surface area contributed by atoms with E-state index in [2.05, 4.69) is 10.6 Å². The van der Waals surface area contributed by atoms with Crippen LogP contribution in [0.4, 0.5) is 5.69 Å². The fourth-order valence-electron chi connectivity index (χ4n) is 3.52. The maximum atomic E-state index is 12.6. The van der Waals surface area contributed by atoms with Crippen LogP contribution in [0.1, 0.15) is 12.8 Å². The first-order chi connectivity index (χ1) is 12.2. The number of ether oxygens (including phenoxy) is 1. The zero-order valence-corrected chi connectivity index (χ0v) is 14.7. The number of para-hydroxylation sites is 2. The molecule has 2 fully saturated rings. The van der Waals surface area contributed by atoms with E-state index in [0.29, 0.717) is 13.1 Å². The van der Waals surface area contributed by atoms with E-state index in [1.54, 1.807) is 7.11 Å². The summed E-state index contributed by atoms with van der Waals surface area (Å²) in [5.41, 5.74) is 0.809. The maximum absolute atomic E-state index is 12.6. The molecule has 1 aromatic rings. The fraction of sp³-hybridized carbons (Fsp3) is 0.556. The van der Waals surface area contributed by atoms with Crippen LogP contribution in [0, 0.1) is 0 Å². The lowest BCUT2D eigenvalue weighted by atomic mass is 10.0. The number of hydrogen-bond acceptors (Lipinski definition) is 5. The lowest BCUT2D eigenvalue weighted by molar-refractivity contribution is -0.139. The van der Waals surface area contributed by atoms with E-state index in [0.717, 1.165) is 43.9 Å². The highest BCUT2D eigenvalue weighted by molar-refractivity contribution is 5.82. The molecule has 25 heavy (non-hydrogen) atoms. The minimum Gasteiger partial charge on any atom is -0.495 e. The summed E-state index contributed by atoms with van der Waals surface area (Å²) in [7, 11) is 1.61. The van der Waals surface area contributed by atoms with Gasteiger partial charge in [0.15, 0.2) is 0 Å². The van der Waals surface area contributed by atoms with Crippen molar-refractivity contribution >= 4 is 17.5 Å². The van der Waals surface area contributed by atoms with Gasteiger partial charge in [-0.1, -0.05) is 12.1 Å². The molecule has 1 aromatic carbocycles. The molecule has 1 unspecified atom stereocenters. The second-order valence-electron chi connectivity index (χ2n) is 6.45. The largest absolute Gasteiger partial charge is 0.495 e. The van der Waals surface area contributed by atoms with Crippen molar-refractivity contribution in [2.24, 2.45) is 0 Å². The number of carbonyl (C=O) groups excluding carboxylic acids is 2. The van der Waals surface area contributed by atoms with E-state index >= 15 is 0 Å². The van der Waals surface area contributed by atoms with E-state index in [-0.39, 0.29) is 24.4 Å². The van der Waals surface area contributed by atoms with E-state index in [1.807, 2.05) is 34.1 Å². The van der Waals surface area contributed by atoms with Crippen molar-refractivity contribution in [3.05, 3.63) is 24.3 Å². The van der Waals surface area contributed by atoms with Crippen molar-refractivity contribution in [1.82, 2.24) is 15.1 Å². The van der Waals surface area contributed by atoms with Crippen molar-refractivity contribution < 1.29 is 14.3 Å². The predicted octanol–water partition coefficient (Wildman–Crippen LogP) is 0.530. The van der Waals surface area contributed by atoms with Gasteiger partial charge in [0.1, 0.15) is 5.75 Å². The van der Waals surface area contributed by atoms with Crippen LogP contribution >= 0.6 is 0 Å². The Labute approximate surface area is 148 Å². The Balaban J connectivity index is 1.55. The molecule has 2 heterocycles. The molecule has 0 radical (unpaired) electrons. The van der Waals surface area contributed by atoms with Gasteiger partial charge < -0.3 is 25.2 Å². The standard InChI is InChI=1S/C18H26N4O3/c1-25-16-7-3-2-6-15(16)20-12-17(23)21-9-4-5-14(13-21)22-10-8-19-11-18(22)24/h2-3,6-7,14,19-20H,4-5,8-13H2,1H3. The van der Waals surface area contributed by atoms with Gasteiger partial charge in [-0.2, -0.15) is 0 Å². The van der Waals surface area contributed by atoms with Crippen LogP contribution in [-0.4, -0.2) is 74.0 Å². The zero-order valence-electron chi connectivity index (χ0n) is 14.7. The minimum atomic E-state index is 0.0539. The molecule has 2 aliphatic rings. The molecule has 2 amide bonds. The Hall–Kier alpha value is -2.28. The molecule has 0 bridgehead atoms. The molecule has 0 spiro atoms. The molecule has 7 heteroatoms. The maximum Gasteiger partial charge on any atom is 0.241 e. The normalized spacial score (nSPS) is 21.2. The number of benzene rings is 1. The highest BCUT2D eigenvalue weighted by atomic mass is 16.5. The number of rotatable bonds is 5. The number of carbonyl (C=O) groups is 2. The smallest absolute Gasteiger partial charge is 0.241 e. The average Bonchev–Trinajstić information content (AvgIpc) is 2.66. The Morgan fingerprint density at radius 2 is 2.20 bits per heavy atom. The molecule has 1 atom stereocenters. The van der Waals surface area contributed by atoms with Gasteiger partial charge in [0.25, 0.3) is 0 Å². The predicted molar refractivity (Wildman–Crippen MR) is 95.7 cm³/mol. The second-order valence-corrected chi connectivity index (χ2v) is 6.45. The van der Waals surface area contributed by atoms with E-state index in [1.165, 1.54) is 0 Å². The molecule has 136 valence electrons. The molecule has 3 rings (SSSR count). The number of anilines is 1. The lowest BCUT2D eigenvalue weighted by Crippen LogP contribution is -2.57. The van der Waals surface area contributed by atoms with Crippen LogP contribution in [0.3, 0.4) is 0 Å². The number of hydrogen-bond donors (Lipinski definition) is 2. The van der Waals surface area contributed by atoms with Crippen molar-refractivity contribution in [2.75, 3.05) is 51.7 Å². The van der Waals surface area contributed by atoms with Crippen LogP contribution < -0.4 is 15.4 Å². The first-order valence-electron chi connectivity index (χ1n) is 8.84. The highest BCUT2D eigenvalue weighted by Crippen LogP contribution is 2.23. The van der Waals surface area contributed by atoms with E-state index in [4.69, 9.17) is 4.74 Å². The second kappa shape index (κ2) is 8.20. The average molecular weight is 346 g/mol. The summed E-state index contributed by atoms with van der Waals surface area (Å²) in [5, 5.41) is 6.25. The number of nitrogens with zero attached hydrogens (tertiary/aromatic N) is 2. The zero-order chi connectivity index (χ0) is 17.6. The Morgan fingerprint density at radius 3 is 3.00 bits per heavy atom. The summed E-state index contributed by atoms with van der Waals surface area (Å²) in [6, 6.07) is 7.69. The number of piperazine rings is 1. The molecular formula is C18H26N4O3. The summed E-state index contributed by atoms with van der Waals surface area (Å²) >= 11 is 0. The number of methoxy groups -OCH3 is 1. The van der Waals surface area contributed by atoms with Crippen molar-refractivity contribution in [3.63, 3.8) is 0 Å². The van der Waals surface area contributed by atoms with Gasteiger partial charge in [-0.25, -0.2) is 0 Å². The van der Waals surface area contributed by atoms with Crippen molar-refractivity contribution in [1.29, 1.82) is 0 Å². The third kappa shape index (κ3) is 4.22. The molecule has 7 nitrogen and oxygen atoms in total. The molecule has 2 saturated heterocycles. The topological polar surface area (TPSA) is 73.9 Å². The SMILES string of the molecule is COc1ccccc1NCC(=O)N1CCCC(N2CCNCC2=O)C1. The van der Waals surface area contributed by atoms with Gasteiger partial charge in [-0.15, -0.1) is 0 Å². The van der Waals surface area contributed by atoms with Crippen molar-refractivity contribution in [3.8, 4) is 5.75 Å². The van der Waals surface area contributed by atoms with Gasteiger partial charge in [-0.3, -0.25) is 9.59 Å². The third-order valence-electron chi connectivity index (χ3n) is 4.85. The van der Waals surface area contributed by atoms with Crippen LogP contribution in [0.25, 0.3) is 0 Å². The lowest BCUT2D eigenvalue weighted by Gasteiger charge is -2.41. The van der Waals surface area contributed by atoms with Gasteiger partial charge in [0.2, 0.25) is 11.8 Å². The summed E-state index contributed by atoms with van der Waals surface area (Å²) < 4.78 is 5.29. The fourth-order valence-corrected chi connectivity index (χ4v) is 3.52. The van der Waals surface area contributed by atoms with Crippen LogP contribution in [0.15, 0.2) is 24.3 Å². The highest BCUT2D eigenvalue weighted by Gasteiger charge is 2.31. The molecule has 0 saturated carbocycles. The van der Waals surface area contributed by atoms with Gasteiger partial charge in [0.05, 0.1) is 25.9 Å². The monoisotopic (exact) mass is 346 g/mol. The number of amides is 2. The molecule has 2 N–H and O–H groups in total. The molecule has 2 aliphatic heterocycles. The van der Waals surface area contributed by atoms with Crippen LogP contribution in [-0.2, 0) is 9.59 Å². The van der Waals surface area contributed by atoms with E-state index in [9.17, 15) is 9.59 Å². The number of likely N-dealkylation sites (tertiary alicyclic amines) is 1. The summed E-state index contributed by atoms with van der Waals surface area (Å²) in [4.78, 5) is 28.5. The molecule has 0 aromatic heterocycles. The summed E-state index contributed by atoms with van der Waals surface area (Å²) in [5.74, 6) is 0.911. The summed E-state index contributed by atoms with van der Waals surface area (Å²) in [6.07, 6.45) is 1.90. The number of nitrogens with one attached hydrogen (secondary N) is 2. The first kappa shape index (κ1) is 17.5.